The molecule has 1 aliphatic heterocycles. The minimum atomic E-state index is -0.289. The number of ether oxygens (including phenoxy) is 2. The summed E-state index contributed by atoms with van der Waals surface area (Å²) < 4.78 is 12.2. The summed E-state index contributed by atoms with van der Waals surface area (Å²) in [4.78, 5) is 27.2. The lowest BCUT2D eigenvalue weighted by molar-refractivity contribution is -0.0286. The Bertz CT molecular complexity index is 791. The van der Waals surface area contributed by atoms with Crippen LogP contribution in [0.15, 0.2) is 24.3 Å². The highest BCUT2D eigenvalue weighted by atomic mass is 16.5. The van der Waals surface area contributed by atoms with Gasteiger partial charge in [0.15, 0.2) is 0 Å². The van der Waals surface area contributed by atoms with Crippen molar-refractivity contribution in [3.63, 3.8) is 0 Å². The van der Waals surface area contributed by atoms with Crippen molar-refractivity contribution in [2.45, 2.75) is 161 Å². The van der Waals surface area contributed by atoms with Crippen LogP contribution in [0.2, 0.25) is 0 Å². The number of hydrogen-bond acceptors (Lipinski definition) is 4. The van der Waals surface area contributed by atoms with Gasteiger partial charge in [-0.2, -0.15) is 0 Å². The Morgan fingerprint density at radius 3 is 1.36 bits per heavy atom. The smallest absolute Gasteiger partial charge is 0.261 e. The van der Waals surface area contributed by atoms with Crippen molar-refractivity contribution in [3.05, 3.63) is 35.4 Å². The summed E-state index contributed by atoms with van der Waals surface area (Å²) in [5.41, 5.74) is 0.988. The molecule has 1 aromatic rings. The molecule has 5 heteroatoms. The van der Waals surface area contributed by atoms with Crippen molar-refractivity contribution in [2.24, 2.45) is 0 Å². The topological polar surface area (TPSA) is 55.8 Å². The molecule has 240 valence electrons. The average Bonchev–Trinajstić information content (AvgIpc) is 3.24. The summed E-state index contributed by atoms with van der Waals surface area (Å²) >= 11 is 0. The van der Waals surface area contributed by atoms with E-state index in [9.17, 15) is 9.59 Å². The Kier molecular flexibility index (Phi) is 21.4. The van der Waals surface area contributed by atoms with E-state index >= 15 is 0 Å². The highest BCUT2D eigenvalue weighted by molar-refractivity contribution is 6.21. The molecule has 2 rings (SSSR count). The first-order valence-corrected chi connectivity index (χ1v) is 17.8. The number of benzene rings is 1. The molecule has 0 bridgehead atoms. The number of carbonyl (C=O) groups is 2. The van der Waals surface area contributed by atoms with E-state index in [1.165, 1.54) is 127 Å². The van der Waals surface area contributed by atoms with E-state index in [4.69, 9.17) is 9.47 Å². The second-order valence-corrected chi connectivity index (χ2v) is 12.4. The number of amides is 2. The van der Waals surface area contributed by atoms with Crippen molar-refractivity contribution in [3.8, 4) is 0 Å². The Balaban J connectivity index is 1.62. The maximum Gasteiger partial charge on any atom is 0.261 e. The SMILES string of the molecule is CCCCCCCCCCCCCCOC(COCCCCCCCCCCCC)CN1C(=O)c2ccccc2C1=O. The Hall–Kier alpha value is -1.72. The van der Waals surface area contributed by atoms with E-state index in [1.807, 2.05) is 12.1 Å². The van der Waals surface area contributed by atoms with Gasteiger partial charge in [0.1, 0.15) is 0 Å². The number of fused-ring (bicyclic) bond motifs is 1. The summed E-state index contributed by atoms with van der Waals surface area (Å²) in [6.45, 7) is 6.56. The van der Waals surface area contributed by atoms with Gasteiger partial charge in [-0.1, -0.05) is 154 Å². The van der Waals surface area contributed by atoms with Crippen LogP contribution in [0.25, 0.3) is 0 Å². The summed E-state index contributed by atoms with van der Waals surface area (Å²) in [5.74, 6) is -0.437. The molecular formula is C37H63NO4. The van der Waals surface area contributed by atoms with E-state index in [0.29, 0.717) is 30.9 Å². The number of carbonyl (C=O) groups excluding carboxylic acids is 2. The summed E-state index contributed by atoms with van der Waals surface area (Å²) in [7, 11) is 0. The zero-order valence-electron chi connectivity index (χ0n) is 27.4. The maximum absolute atomic E-state index is 12.9. The van der Waals surface area contributed by atoms with Crippen molar-refractivity contribution in [1.29, 1.82) is 0 Å². The van der Waals surface area contributed by atoms with Gasteiger partial charge in [-0.15, -0.1) is 0 Å². The zero-order chi connectivity index (χ0) is 30.1. The summed E-state index contributed by atoms with van der Waals surface area (Å²) in [6, 6.07) is 7.09. The lowest BCUT2D eigenvalue weighted by Gasteiger charge is -2.23. The molecule has 1 atom stereocenters. The van der Waals surface area contributed by atoms with Gasteiger partial charge >= 0.3 is 0 Å². The minimum Gasteiger partial charge on any atom is -0.379 e. The van der Waals surface area contributed by atoms with Gasteiger partial charge in [0.05, 0.1) is 30.4 Å². The summed E-state index contributed by atoms with van der Waals surface area (Å²) in [5, 5.41) is 0. The quantitative estimate of drug-likeness (QED) is 0.0693. The second-order valence-electron chi connectivity index (χ2n) is 12.4. The van der Waals surface area contributed by atoms with Crippen molar-refractivity contribution in [1.82, 2.24) is 4.90 Å². The Morgan fingerprint density at radius 2 is 0.929 bits per heavy atom. The molecule has 1 aliphatic rings. The lowest BCUT2D eigenvalue weighted by atomic mass is 10.1. The molecule has 0 N–H and O–H groups in total. The number of unbranched alkanes of at least 4 members (excludes halogenated alkanes) is 20. The molecule has 5 nitrogen and oxygen atoms in total. The van der Waals surface area contributed by atoms with Crippen molar-refractivity contribution >= 4 is 11.8 Å². The molecule has 42 heavy (non-hydrogen) atoms. The third kappa shape index (κ3) is 15.7. The average molecular weight is 586 g/mol. The zero-order valence-corrected chi connectivity index (χ0v) is 27.4. The van der Waals surface area contributed by atoms with Crippen LogP contribution in [-0.2, 0) is 9.47 Å². The molecule has 0 saturated carbocycles. The van der Waals surface area contributed by atoms with Crippen LogP contribution >= 0.6 is 0 Å². The maximum atomic E-state index is 12.9. The standard InChI is InChI=1S/C37H63NO4/c1-3-5-7-9-11-13-15-16-18-20-22-26-30-42-33(31-38-36(39)34-27-23-24-28-35(34)37(38)40)32-41-29-25-21-19-17-14-12-10-8-6-4-2/h23-24,27-28,33H,3-22,25-26,29-32H2,1-2H3. The first-order valence-electron chi connectivity index (χ1n) is 17.8. The fourth-order valence-corrected chi connectivity index (χ4v) is 5.86. The van der Waals surface area contributed by atoms with Crippen molar-refractivity contribution in [2.75, 3.05) is 26.4 Å². The van der Waals surface area contributed by atoms with Gasteiger partial charge in [-0.05, 0) is 25.0 Å². The number of nitrogens with zero attached hydrogens (tertiary/aromatic N) is 1. The molecule has 0 aliphatic carbocycles. The van der Waals surface area contributed by atoms with Gasteiger partial charge in [-0.25, -0.2) is 0 Å². The van der Waals surface area contributed by atoms with Crippen LogP contribution in [0.1, 0.15) is 176 Å². The summed E-state index contributed by atoms with van der Waals surface area (Å²) in [6.07, 6.45) is 28.4. The number of hydrogen-bond donors (Lipinski definition) is 0. The van der Waals surface area contributed by atoms with Crippen LogP contribution in [0.4, 0.5) is 0 Å². The molecule has 0 radical (unpaired) electrons. The fourth-order valence-electron chi connectivity index (χ4n) is 5.86. The predicted octanol–water partition coefficient (Wildman–Crippen LogP) is 10.3. The van der Waals surface area contributed by atoms with Gasteiger partial charge in [0.25, 0.3) is 11.8 Å². The molecule has 1 unspecified atom stereocenters. The molecule has 1 heterocycles. The molecule has 0 saturated heterocycles. The fraction of sp³-hybridized carbons (Fsp3) is 0.784. The van der Waals surface area contributed by atoms with E-state index in [-0.39, 0.29) is 24.5 Å². The number of rotatable bonds is 29. The molecule has 2 amide bonds. The van der Waals surface area contributed by atoms with Gasteiger partial charge in [0.2, 0.25) is 0 Å². The van der Waals surface area contributed by atoms with E-state index < -0.39 is 0 Å². The van der Waals surface area contributed by atoms with Crippen LogP contribution < -0.4 is 0 Å². The van der Waals surface area contributed by atoms with Crippen LogP contribution in [0.3, 0.4) is 0 Å². The monoisotopic (exact) mass is 585 g/mol. The van der Waals surface area contributed by atoms with E-state index in [2.05, 4.69) is 13.8 Å². The molecule has 0 aromatic heterocycles. The minimum absolute atomic E-state index is 0.218. The predicted molar refractivity (Wildman–Crippen MR) is 175 cm³/mol. The Labute approximate surface area is 258 Å². The van der Waals surface area contributed by atoms with E-state index in [0.717, 1.165) is 19.3 Å². The van der Waals surface area contributed by atoms with E-state index in [1.54, 1.807) is 12.1 Å². The van der Waals surface area contributed by atoms with Crippen LogP contribution in [0.5, 0.6) is 0 Å². The molecule has 0 spiro atoms. The van der Waals surface area contributed by atoms with Crippen LogP contribution in [0, 0.1) is 0 Å². The second kappa shape index (κ2) is 24.7. The Morgan fingerprint density at radius 1 is 0.548 bits per heavy atom. The highest BCUT2D eigenvalue weighted by Crippen LogP contribution is 2.23. The van der Waals surface area contributed by atoms with Gasteiger partial charge in [0, 0.05) is 13.2 Å². The van der Waals surface area contributed by atoms with Crippen LogP contribution in [-0.4, -0.2) is 49.2 Å². The molecule has 1 aromatic carbocycles. The van der Waals surface area contributed by atoms with Gasteiger partial charge < -0.3 is 9.47 Å². The van der Waals surface area contributed by atoms with Crippen molar-refractivity contribution < 1.29 is 19.1 Å². The molecular weight excluding hydrogens is 522 g/mol. The number of imide groups is 1. The molecule has 0 fully saturated rings. The first kappa shape index (κ1) is 36.5. The first-order chi connectivity index (χ1) is 20.7. The lowest BCUT2D eigenvalue weighted by Crippen LogP contribution is -2.40. The largest absolute Gasteiger partial charge is 0.379 e. The normalized spacial score (nSPS) is 13.7. The third-order valence-corrected chi connectivity index (χ3v) is 8.56. The highest BCUT2D eigenvalue weighted by Gasteiger charge is 2.36. The van der Waals surface area contributed by atoms with Gasteiger partial charge in [-0.3, -0.25) is 14.5 Å². The third-order valence-electron chi connectivity index (χ3n) is 8.56.